The average molecular weight is 426 g/mol. The predicted molar refractivity (Wildman–Crippen MR) is 111 cm³/mol. The van der Waals surface area contributed by atoms with Gasteiger partial charge in [-0.3, -0.25) is 4.79 Å². The molecule has 3 atom stereocenters. The Morgan fingerprint density at radius 1 is 1.03 bits per heavy atom. The van der Waals surface area contributed by atoms with Crippen molar-refractivity contribution in [1.29, 1.82) is 0 Å². The molecule has 3 unspecified atom stereocenters. The highest BCUT2D eigenvalue weighted by Crippen LogP contribution is 2.41. The molecule has 2 aliphatic carbocycles. The zero-order valence-corrected chi connectivity index (χ0v) is 17.8. The van der Waals surface area contributed by atoms with Crippen molar-refractivity contribution in [1.82, 2.24) is 5.32 Å². The molecule has 1 aromatic carbocycles. The molecular weight excluding hydrogens is 391 g/mol. The maximum Gasteiger partial charge on any atom is 0.416 e. The number of halogens is 3. The smallest absolute Gasteiger partial charge is 0.416 e. The van der Waals surface area contributed by atoms with Gasteiger partial charge < -0.3 is 10.1 Å². The molecule has 0 spiro atoms. The van der Waals surface area contributed by atoms with Gasteiger partial charge in [0.1, 0.15) is 0 Å². The summed E-state index contributed by atoms with van der Waals surface area (Å²) in [6.07, 6.45) is 5.25. The average Bonchev–Trinajstić information content (AvgIpc) is 2.73. The third kappa shape index (κ3) is 6.22. The Hall–Kier alpha value is -1.56. The van der Waals surface area contributed by atoms with Crippen molar-refractivity contribution in [3.8, 4) is 0 Å². The Morgan fingerprint density at radius 3 is 2.37 bits per heavy atom. The van der Waals surface area contributed by atoms with Crippen molar-refractivity contribution in [2.45, 2.75) is 82.8 Å². The van der Waals surface area contributed by atoms with Gasteiger partial charge in [0.05, 0.1) is 12.2 Å². The summed E-state index contributed by atoms with van der Waals surface area (Å²) < 4.78 is 44.3. The summed E-state index contributed by atoms with van der Waals surface area (Å²) in [6.45, 7) is 3.09. The largest absolute Gasteiger partial charge is 0.466 e. The lowest BCUT2D eigenvalue weighted by Gasteiger charge is -2.40. The van der Waals surface area contributed by atoms with E-state index in [-0.39, 0.29) is 23.8 Å². The van der Waals surface area contributed by atoms with Gasteiger partial charge in [0.25, 0.3) is 0 Å². The van der Waals surface area contributed by atoms with Crippen LogP contribution in [0.3, 0.4) is 0 Å². The van der Waals surface area contributed by atoms with Crippen LogP contribution < -0.4 is 5.32 Å². The lowest BCUT2D eigenvalue weighted by Crippen LogP contribution is -2.44. The van der Waals surface area contributed by atoms with E-state index in [9.17, 15) is 18.0 Å². The van der Waals surface area contributed by atoms with E-state index < -0.39 is 11.7 Å². The molecule has 0 aromatic heterocycles. The minimum absolute atomic E-state index is 0.0223. The predicted octanol–water partition coefficient (Wildman–Crippen LogP) is 6.08. The standard InChI is InChI=1S/C24H34F3NO2/c1-2-30-22(29)15-19-9-6-10-21(28-16-17-7-4-3-5-8-17)23(19)18-11-13-20(14-12-18)24(25,26)27/h11-14,17,19,21,23,28H,2-10,15-16H2,1H3. The summed E-state index contributed by atoms with van der Waals surface area (Å²) in [6, 6.07) is 5.72. The minimum Gasteiger partial charge on any atom is -0.466 e. The van der Waals surface area contributed by atoms with E-state index in [1.54, 1.807) is 19.1 Å². The summed E-state index contributed by atoms with van der Waals surface area (Å²) in [5.74, 6) is 0.567. The number of carbonyl (C=O) groups is 1. The number of nitrogens with one attached hydrogen (secondary N) is 1. The summed E-state index contributed by atoms with van der Waals surface area (Å²) in [5.41, 5.74) is 0.258. The van der Waals surface area contributed by atoms with Crippen molar-refractivity contribution >= 4 is 5.97 Å². The molecule has 0 aliphatic heterocycles. The van der Waals surface area contributed by atoms with Crippen LogP contribution in [0.4, 0.5) is 13.2 Å². The maximum atomic E-state index is 13.0. The van der Waals surface area contributed by atoms with Gasteiger partial charge in [-0.15, -0.1) is 0 Å². The summed E-state index contributed by atoms with van der Waals surface area (Å²) in [4.78, 5) is 12.2. The first-order chi connectivity index (χ1) is 14.4. The molecule has 2 fully saturated rings. The number of ether oxygens (including phenoxy) is 1. The Bertz CT molecular complexity index is 668. The number of hydrogen-bond donors (Lipinski definition) is 1. The summed E-state index contributed by atoms with van der Waals surface area (Å²) in [5, 5.41) is 3.75. The van der Waals surface area contributed by atoms with Crippen molar-refractivity contribution in [2.24, 2.45) is 11.8 Å². The molecule has 0 amide bonds. The molecule has 0 saturated heterocycles. The van der Waals surface area contributed by atoms with Crippen molar-refractivity contribution in [3.63, 3.8) is 0 Å². The van der Waals surface area contributed by atoms with Crippen LogP contribution in [0.5, 0.6) is 0 Å². The van der Waals surface area contributed by atoms with Gasteiger partial charge in [-0.05, 0) is 68.7 Å². The third-order valence-electron chi connectivity index (χ3n) is 6.78. The fourth-order valence-electron chi connectivity index (χ4n) is 5.29. The lowest BCUT2D eigenvalue weighted by molar-refractivity contribution is -0.144. The molecular formula is C24H34F3NO2. The van der Waals surface area contributed by atoms with E-state index in [2.05, 4.69) is 5.32 Å². The van der Waals surface area contributed by atoms with E-state index in [4.69, 9.17) is 4.74 Å². The molecule has 0 radical (unpaired) electrons. The number of carbonyl (C=O) groups excluding carboxylic acids is 1. The Kier molecular flexibility index (Phi) is 8.20. The summed E-state index contributed by atoms with van der Waals surface area (Å²) >= 11 is 0. The van der Waals surface area contributed by atoms with Crippen molar-refractivity contribution in [2.75, 3.05) is 13.2 Å². The second-order valence-electron chi connectivity index (χ2n) is 8.86. The number of esters is 1. The highest BCUT2D eigenvalue weighted by Gasteiger charge is 2.37. The van der Waals surface area contributed by atoms with Gasteiger partial charge in [0.15, 0.2) is 0 Å². The lowest BCUT2D eigenvalue weighted by atomic mass is 9.70. The van der Waals surface area contributed by atoms with Crippen LogP contribution >= 0.6 is 0 Å². The van der Waals surface area contributed by atoms with Crippen LogP contribution in [0.2, 0.25) is 0 Å². The van der Waals surface area contributed by atoms with Gasteiger partial charge >= 0.3 is 12.1 Å². The quantitative estimate of drug-likeness (QED) is 0.538. The first kappa shape index (κ1) is 23.1. The highest BCUT2D eigenvalue weighted by atomic mass is 19.4. The first-order valence-corrected chi connectivity index (χ1v) is 11.4. The Labute approximate surface area is 177 Å². The molecule has 6 heteroatoms. The van der Waals surface area contributed by atoms with Crippen LogP contribution in [-0.2, 0) is 15.7 Å². The molecule has 2 saturated carbocycles. The van der Waals surface area contributed by atoms with Crippen LogP contribution in [0.1, 0.15) is 81.8 Å². The molecule has 0 heterocycles. The number of hydrogen-bond acceptors (Lipinski definition) is 3. The molecule has 0 bridgehead atoms. The zero-order valence-electron chi connectivity index (χ0n) is 17.8. The van der Waals surface area contributed by atoms with Gasteiger partial charge in [-0.2, -0.15) is 13.2 Å². The van der Waals surface area contributed by atoms with Gasteiger partial charge in [0.2, 0.25) is 0 Å². The molecule has 3 rings (SSSR count). The van der Waals surface area contributed by atoms with Crippen LogP contribution in [0.15, 0.2) is 24.3 Å². The number of benzene rings is 1. The van der Waals surface area contributed by atoms with E-state index >= 15 is 0 Å². The van der Waals surface area contributed by atoms with Gasteiger partial charge in [-0.1, -0.05) is 37.8 Å². The first-order valence-electron chi connectivity index (χ1n) is 11.4. The molecule has 30 heavy (non-hydrogen) atoms. The van der Waals surface area contributed by atoms with Crippen molar-refractivity contribution < 1.29 is 22.7 Å². The Morgan fingerprint density at radius 2 is 1.73 bits per heavy atom. The minimum atomic E-state index is -4.34. The highest BCUT2D eigenvalue weighted by molar-refractivity contribution is 5.69. The van der Waals surface area contributed by atoms with E-state index in [1.807, 2.05) is 0 Å². The molecule has 168 valence electrons. The van der Waals surface area contributed by atoms with E-state index in [0.29, 0.717) is 18.9 Å². The molecule has 2 aliphatic rings. The normalized spacial score (nSPS) is 25.8. The maximum absolute atomic E-state index is 13.0. The fraction of sp³-hybridized carbons (Fsp3) is 0.708. The van der Waals surface area contributed by atoms with E-state index in [1.165, 1.54) is 44.2 Å². The van der Waals surface area contributed by atoms with Crippen LogP contribution in [0.25, 0.3) is 0 Å². The van der Waals surface area contributed by atoms with Gasteiger partial charge in [0, 0.05) is 18.4 Å². The number of alkyl halides is 3. The second-order valence-corrected chi connectivity index (χ2v) is 8.86. The molecule has 3 nitrogen and oxygen atoms in total. The molecule has 1 aromatic rings. The topological polar surface area (TPSA) is 38.3 Å². The second kappa shape index (κ2) is 10.7. The fourth-order valence-corrected chi connectivity index (χ4v) is 5.29. The number of rotatable bonds is 7. The van der Waals surface area contributed by atoms with E-state index in [0.717, 1.165) is 31.4 Å². The zero-order chi connectivity index (χ0) is 21.6. The van der Waals surface area contributed by atoms with Crippen molar-refractivity contribution in [3.05, 3.63) is 35.4 Å². The van der Waals surface area contributed by atoms with Crippen LogP contribution in [-0.4, -0.2) is 25.2 Å². The summed E-state index contributed by atoms with van der Waals surface area (Å²) in [7, 11) is 0. The van der Waals surface area contributed by atoms with Gasteiger partial charge in [-0.25, -0.2) is 0 Å². The SMILES string of the molecule is CCOC(=O)CC1CCCC(NCC2CCCCC2)C1c1ccc(C(F)(F)F)cc1. The third-order valence-corrected chi connectivity index (χ3v) is 6.78. The Balaban J connectivity index is 1.77. The molecule has 1 N–H and O–H groups in total. The monoisotopic (exact) mass is 425 g/mol. The van der Waals surface area contributed by atoms with Crippen LogP contribution in [0, 0.1) is 11.8 Å².